The lowest BCUT2D eigenvalue weighted by molar-refractivity contribution is 0.101. The highest BCUT2D eigenvalue weighted by Crippen LogP contribution is 2.34. The number of carbonyl (C=O) groups excluding carboxylic acids is 2. The van der Waals surface area contributed by atoms with Gasteiger partial charge >= 0.3 is 6.03 Å². The van der Waals surface area contributed by atoms with E-state index in [9.17, 15) is 14.9 Å². The van der Waals surface area contributed by atoms with Gasteiger partial charge in [0.1, 0.15) is 11.8 Å². The van der Waals surface area contributed by atoms with Crippen LogP contribution < -0.4 is 16.0 Å². The lowest BCUT2D eigenvalue weighted by Gasteiger charge is -2.12. The second-order valence-electron chi connectivity index (χ2n) is 7.11. The number of benzene rings is 2. The van der Waals surface area contributed by atoms with Crippen LogP contribution in [0, 0.1) is 11.3 Å². The van der Waals surface area contributed by atoms with Crippen LogP contribution in [0.15, 0.2) is 42.5 Å². The monoisotopic (exact) mass is 487 g/mol. The van der Waals surface area contributed by atoms with E-state index in [1.165, 1.54) is 0 Å². The maximum Gasteiger partial charge on any atom is 0.323 e. The normalized spacial score (nSPS) is 12.1. The standard InChI is InChI=1S/C22H16Cl3N5O2/c23-12-3-5-15(6-4-12)28-22(32)29-19-17(11-26)18-2-1-7-30(18)20(19)21(31)27-16-9-13(24)8-14(25)10-16/h3-6,8-10H,1-2,7H2,(H,27,31)(H2,28,29,32). The molecule has 0 radical (unpaired) electrons. The molecule has 3 aromatic rings. The molecular weight excluding hydrogens is 473 g/mol. The molecule has 1 aliphatic rings. The zero-order chi connectivity index (χ0) is 22.8. The fourth-order valence-electron chi connectivity index (χ4n) is 3.68. The van der Waals surface area contributed by atoms with Crippen molar-refractivity contribution in [3.63, 3.8) is 0 Å². The lowest BCUT2D eigenvalue weighted by atomic mass is 10.1. The molecule has 32 heavy (non-hydrogen) atoms. The first-order valence-corrected chi connectivity index (χ1v) is 10.8. The number of halogens is 3. The predicted octanol–water partition coefficient (Wildman–Crippen LogP) is 6.16. The smallest absolute Gasteiger partial charge is 0.323 e. The Labute approximate surface area is 198 Å². The fraction of sp³-hybridized carbons (Fsp3) is 0.136. The number of hydrogen-bond acceptors (Lipinski definition) is 3. The molecule has 2 heterocycles. The molecule has 2 aromatic carbocycles. The van der Waals surface area contributed by atoms with E-state index in [4.69, 9.17) is 34.8 Å². The van der Waals surface area contributed by atoms with Crippen LogP contribution in [0.4, 0.5) is 21.9 Å². The molecule has 1 aliphatic heterocycles. The first kappa shape index (κ1) is 22.0. The molecule has 10 heteroatoms. The number of nitriles is 1. The summed E-state index contributed by atoms with van der Waals surface area (Å²) in [4.78, 5) is 25.9. The molecule has 1 aromatic heterocycles. The summed E-state index contributed by atoms with van der Waals surface area (Å²) in [6, 6.07) is 12.8. The molecule has 0 saturated carbocycles. The molecule has 0 spiro atoms. The Balaban J connectivity index is 1.66. The third-order valence-electron chi connectivity index (χ3n) is 4.95. The van der Waals surface area contributed by atoms with Crippen molar-refractivity contribution in [2.24, 2.45) is 0 Å². The molecule has 3 N–H and O–H groups in total. The van der Waals surface area contributed by atoms with Gasteiger partial charge in [-0.2, -0.15) is 5.26 Å². The van der Waals surface area contributed by atoms with Gasteiger partial charge in [0.05, 0.1) is 11.3 Å². The summed E-state index contributed by atoms with van der Waals surface area (Å²) in [6.07, 6.45) is 1.43. The van der Waals surface area contributed by atoms with E-state index < -0.39 is 11.9 Å². The van der Waals surface area contributed by atoms with Crippen molar-refractivity contribution in [3.05, 3.63) is 74.5 Å². The minimum absolute atomic E-state index is 0.152. The zero-order valence-electron chi connectivity index (χ0n) is 16.5. The summed E-state index contributed by atoms with van der Waals surface area (Å²) < 4.78 is 1.76. The number of aromatic nitrogens is 1. The van der Waals surface area contributed by atoms with Crippen LogP contribution in [0.1, 0.15) is 28.2 Å². The minimum atomic E-state index is -0.590. The van der Waals surface area contributed by atoms with Crippen LogP contribution in [0.25, 0.3) is 0 Å². The summed E-state index contributed by atoms with van der Waals surface area (Å²) in [5.41, 5.74) is 2.23. The van der Waals surface area contributed by atoms with Crippen molar-refractivity contribution >= 4 is 63.8 Å². The van der Waals surface area contributed by atoms with Crippen molar-refractivity contribution in [2.45, 2.75) is 19.4 Å². The molecule has 162 valence electrons. The number of hydrogen-bond donors (Lipinski definition) is 3. The van der Waals surface area contributed by atoms with Gasteiger partial charge < -0.3 is 20.5 Å². The van der Waals surface area contributed by atoms with Gasteiger partial charge in [-0.15, -0.1) is 0 Å². The number of anilines is 3. The molecule has 0 unspecified atom stereocenters. The number of amides is 3. The molecule has 4 rings (SSSR count). The Morgan fingerprint density at radius 3 is 2.25 bits per heavy atom. The predicted molar refractivity (Wildman–Crippen MR) is 126 cm³/mol. The highest BCUT2D eigenvalue weighted by molar-refractivity contribution is 6.35. The van der Waals surface area contributed by atoms with E-state index in [0.717, 1.165) is 6.42 Å². The number of fused-ring (bicyclic) bond motifs is 1. The molecule has 0 atom stereocenters. The number of nitrogens with zero attached hydrogens (tertiary/aromatic N) is 2. The van der Waals surface area contributed by atoms with Gasteiger partial charge in [-0.25, -0.2) is 4.79 Å². The Kier molecular flexibility index (Phi) is 6.28. The number of urea groups is 1. The number of rotatable bonds is 4. The summed E-state index contributed by atoms with van der Waals surface area (Å²) >= 11 is 17.9. The van der Waals surface area contributed by atoms with Crippen LogP contribution in [-0.4, -0.2) is 16.5 Å². The quantitative estimate of drug-likeness (QED) is 0.410. The first-order chi connectivity index (χ1) is 15.4. The van der Waals surface area contributed by atoms with E-state index >= 15 is 0 Å². The van der Waals surface area contributed by atoms with Crippen LogP contribution >= 0.6 is 34.8 Å². The van der Waals surface area contributed by atoms with Crippen molar-refractivity contribution in [1.29, 1.82) is 5.26 Å². The van der Waals surface area contributed by atoms with Gasteiger partial charge in [0.15, 0.2) is 0 Å². The largest absolute Gasteiger partial charge is 0.337 e. The van der Waals surface area contributed by atoms with Crippen molar-refractivity contribution in [1.82, 2.24) is 4.57 Å². The maximum absolute atomic E-state index is 13.2. The van der Waals surface area contributed by atoms with E-state index in [1.54, 1.807) is 47.0 Å². The molecule has 3 amide bonds. The van der Waals surface area contributed by atoms with Crippen LogP contribution in [0.5, 0.6) is 0 Å². The average Bonchev–Trinajstić information content (AvgIpc) is 3.28. The molecular formula is C22H16Cl3N5O2. The Bertz CT molecular complexity index is 1240. The van der Waals surface area contributed by atoms with Crippen molar-refractivity contribution in [3.8, 4) is 6.07 Å². The summed E-state index contributed by atoms with van der Waals surface area (Å²) in [5.74, 6) is -0.491. The van der Waals surface area contributed by atoms with Gasteiger partial charge in [-0.3, -0.25) is 4.79 Å². The average molecular weight is 489 g/mol. The molecule has 0 saturated heterocycles. The first-order valence-electron chi connectivity index (χ1n) is 9.62. The summed E-state index contributed by atoms with van der Waals surface area (Å²) in [7, 11) is 0. The van der Waals surface area contributed by atoms with Crippen molar-refractivity contribution < 1.29 is 9.59 Å². The molecule has 7 nitrogen and oxygen atoms in total. The summed E-state index contributed by atoms with van der Waals surface area (Å²) in [6.45, 7) is 0.559. The minimum Gasteiger partial charge on any atom is -0.337 e. The van der Waals surface area contributed by atoms with Gasteiger partial charge in [-0.05, 0) is 55.3 Å². The second kappa shape index (κ2) is 9.13. The van der Waals surface area contributed by atoms with Gasteiger partial charge in [-0.1, -0.05) is 34.8 Å². The van der Waals surface area contributed by atoms with Gasteiger partial charge in [0.2, 0.25) is 0 Å². The highest BCUT2D eigenvalue weighted by atomic mass is 35.5. The van der Waals surface area contributed by atoms with Gasteiger partial charge in [0, 0.05) is 38.7 Å². The fourth-order valence-corrected chi connectivity index (χ4v) is 4.33. The maximum atomic E-state index is 13.2. The lowest BCUT2D eigenvalue weighted by Crippen LogP contribution is -2.23. The molecule has 0 aliphatic carbocycles. The summed E-state index contributed by atoms with van der Waals surface area (Å²) in [5, 5.41) is 19.1. The Morgan fingerprint density at radius 2 is 1.59 bits per heavy atom. The molecule has 0 fully saturated rings. The van der Waals surface area contributed by atoms with Crippen LogP contribution in [-0.2, 0) is 13.0 Å². The number of carbonyl (C=O) groups is 2. The topological polar surface area (TPSA) is 99.0 Å². The van der Waals surface area contributed by atoms with E-state index in [2.05, 4.69) is 22.0 Å². The van der Waals surface area contributed by atoms with Gasteiger partial charge in [0.25, 0.3) is 5.91 Å². The SMILES string of the molecule is N#Cc1c(NC(=O)Nc2ccc(Cl)cc2)c(C(=O)Nc2cc(Cl)cc(Cl)c2)n2c1CCC2. The third-order valence-corrected chi connectivity index (χ3v) is 5.64. The Morgan fingerprint density at radius 1 is 0.906 bits per heavy atom. The Hall–Kier alpha value is -3.18. The second-order valence-corrected chi connectivity index (χ2v) is 8.42. The highest BCUT2D eigenvalue weighted by Gasteiger charge is 2.31. The number of nitrogens with one attached hydrogen (secondary N) is 3. The van der Waals surface area contributed by atoms with E-state index in [0.29, 0.717) is 45.1 Å². The van der Waals surface area contributed by atoms with Crippen molar-refractivity contribution in [2.75, 3.05) is 16.0 Å². The van der Waals surface area contributed by atoms with E-state index in [1.807, 2.05) is 0 Å². The zero-order valence-corrected chi connectivity index (χ0v) is 18.8. The van der Waals surface area contributed by atoms with E-state index in [-0.39, 0.29) is 16.9 Å². The van der Waals surface area contributed by atoms with Crippen LogP contribution in [0.3, 0.4) is 0 Å². The van der Waals surface area contributed by atoms with Crippen LogP contribution in [0.2, 0.25) is 15.1 Å². The third kappa shape index (κ3) is 4.53. The molecule has 0 bridgehead atoms.